The van der Waals surface area contributed by atoms with Crippen LogP contribution in [0.2, 0.25) is 5.02 Å². The minimum atomic E-state index is -1.07. The van der Waals surface area contributed by atoms with E-state index in [0.717, 1.165) is 5.56 Å². The smallest absolute Gasteiger partial charge is 0.337 e. The molecule has 3 nitrogen and oxygen atoms in total. The van der Waals surface area contributed by atoms with E-state index in [-0.39, 0.29) is 17.4 Å². The maximum absolute atomic E-state index is 13.2. The van der Waals surface area contributed by atoms with Crippen LogP contribution in [0.4, 0.5) is 10.1 Å². The lowest BCUT2D eigenvalue weighted by molar-refractivity contribution is 0.0698. The summed E-state index contributed by atoms with van der Waals surface area (Å²) in [5.74, 6) is -1.40. The van der Waals surface area contributed by atoms with Gasteiger partial charge in [0.25, 0.3) is 0 Å². The number of anilines is 1. The predicted molar refractivity (Wildman–Crippen MR) is 76.8 cm³/mol. The van der Waals surface area contributed by atoms with E-state index in [2.05, 4.69) is 5.32 Å². The number of carboxylic acids is 1. The maximum atomic E-state index is 13.2. The second-order valence-electron chi connectivity index (χ2n) is 4.42. The van der Waals surface area contributed by atoms with Crippen molar-refractivity contribution in [2.24, 2.45) is 0 Å². The highest BCUT2D eigenvalue weighted by molar-refractivity contribution is 6.31. The molecule has 0 fully saturated rings. The van der Waals surface area contributed by atoms with Crippen molar-refractivity contribution in [3.8, 4) is 0 Å². The van der Waals surface area contributed by atoms with Crippen molar-refractivity contribution in [1.82, 2.24) is 0 Å². The van der Waals surface area contributed by atoms with Crippen LogP contribution in [0.1, 0.15) is 28.9 Å². The fourth-order valence-electron chi connectivity index (χ4n) is 1.91. The highest BCUT2D eigenvalue weighted by atomic mass is 35.5. The Morgan fingerprint density at radius 1 is 1.30 bits per heavy atom. The minimum absolute atomic E-state index is 0.0840. The van der Waals surface area contributed by atoms with Crippen LogP contribution < -0.4 is 5.32 Å². The molecule has 2 rings (SSSR count). The van der Waals surface area contributed by atoms with Gasteiger partial charge >= 0.3 is 5.97 Å². The summed E-state index contributed by atoms with van der Waals surface area (Å²) in [6, 6.07) is 10.5. The number of rotatable bonds is 4. The molecule has 0 saturated heterocycles. The summed E-state index contributed by atoms with van der Waals surface area (Å²) in [4.78, 5) is 11.2. The van der Waals surface area contributed by atoms with Crippen LogP contribution >= 0.6 is 11.6 Å². The van der Waals surface area contributed by atoms with Crippen LogP contribution in [-0.2, 0) is 0 Å². The number of hydrogen-bond donors (Lipinski definition) is 2. The molecule has 2 aromatic rings. The van der Waals surface area contributed by atoms with E-state index in [1.54, 1.807) is 24.3 Å². The molecule has 0 radical (unpaired) electrons. The summed E-state index contributed by atoms with van der Waals surface area (Å²) >= 11 is 5.79. The number of carboxylic acid groups (broad SMARTS) is 1. The first-order valence-electron chi connectivity index (χ1n) is 6.02. The zero-order valence-electron chi connectivity index (χ0n) is 10.7. The van der Waals surface area contributed by atoms with E-state index in [0.29, 0.717) is 10.7 Å². The van der Waals surface area contributed by atoms with Gasteiger partial charge in [-0.05, 0) is 42.8 Å². The lowest BCUT2D eigenvalue weighted by atomic mass is 10.1. The molecule has 0 amide bonds. The van der Waals surface area contributed by atoms with Gasteiger partial charge in [-0.3, -0.25) is 0 Å². The first-order chi connectivity index (χ1) is 9.47. The normalized spacial score (nSPS) is 11.9. The summed E-state index contributed by atoms with van der Waals surface area (Å²) in [6.45, 7) is 1.83. The molecule has 0 aliphatic carbocycles. The number of nitrogens with one attached hydrogen (secondary N) is 1. The molecular weight excluding hydrogens is 281 g/mol. The number of aromatic carboxylic acids is 1. The summed E-state index contributed by atoms with van der Waals surface area (Å²) < 4.78 is 13.2. The zero-order chi connectivity index (χ0) is 14.7. The Morgan fingerprint density at radius 2 is 2.05 bits per heavy atom. The van der Waals surface area contributed by atoms with E-state index < -0.39 is 5.97 Å². The van der Waals surface area contributed by atoms with Crippen molar-refractivity contribution in [3.05, 3.63) is 64.4 Å². The Kier molecular flexibility index (Phi) is 4.25. The molecule has 1 atom stereocenters. The monoisotopic (exact) mass is 293 g/mol. The van der Waals surface area contributed by atoms with Crippen LogP contribution in [0.3, 0.4) is 0 Å². The Labute approximate surface area is 121 Å². The largest absolute Gasteiger partial charge is 0.478 e. The molecule has 0 saturated carbocycles. The molecule has 0 aliphatic rings. The van der Waals surface area contributed by atoms with E-state index in [4.69, 9.17) is 16.7 Å². The van der Waals surface area contributed by atoms with Crippen LogP contribution in [0.5, 0.6) is 0 Å². The van der Waals surface area contributed by atoms with E-state index in [1.165, 1.54) is 18.2 Å². The van der Waals surface area contributed by atoms with Gasteiger partial charge in [0, 0.05) is 16.8 Å². The van der Waals surface area contributed by atoms with E-state index in [9.17, 15) is 9.18 Å². The third kappa shape index (κ3) is 3.27. The summed E-state index contributed by atoms with van der Waals surface area (Å²) in [5.41, 5.74) is 1.26. The van der Waals surface area contributed by atoms with Gasteiger partial charge in [0.15, 0.2) is 0 Å². The van der Waals surface area contributed by atoms with Crippen LogP contribution in [0.15, 0.2) is 42.5 Å². The average molecular weight is 294 g/mol. The molecule has 0 aliphatic heterocycles. The SMILES string of the molecule is CC(Nc1ccc(Cl)cc1C(=O)O)c1cccc(F)c1. The van der Waals surface area contributed by atoms with Crippen molar-refractivity contribution in [2.45, 2.75) is 13.0 Å². The van der Waals surface area contributed by atoms with Gasteiger partial charge in [0.1, 0.15) is 5.82 Å². The summed E-state index contributed by atoms with van der Waals surface area (Å²) in [7, 11) is 0. The molecule has 2 N–H and O–H groups in total. The van der Waals surface area contributed by atoms with Crippen LogP contribution in [0.25, 0.3) is 0 Å². The molecule has 0 aromatic heterocycles. The zero-order valence-corrected chi connectivity index (χ0v) is 11.5. The Morgan fingerprint density at radius 3 is 2.70 bits per heavy atom. The van der Waals surface area contributed by atoms with Gasteiger partial charge in [-0.2, -0.15) is 0 Å². The van der Waals surface area contributed by atoms with Gasteiger partial charge in [-0.1, -0.05) is 23.7 Å². The minimum Gasteiger partial charge on any atom is -0.478 e. The molecule has 0 bridgehead atoms. The molecule has 0 spiro atoms. The average Bonchev–Trinajstić information content (AvgIpc) is 2.40. The fraction of sp³-hybridized carbons (Fsp3) is 0.133. The fourth-order valence-corrected chi connectivity index (χ4v) is 2.08. The molecule has 2 aromatic carbocycles. The molecule has 104 valence electrons. The number of halogens is 2. The Balaban J connectivity index is 2.28. The van der Waals surface area contributed by atoms with E-state index in [1.807, 2.05) is 6.92 Å². The molecular formula is C15H13ClFNO2. The van der Waals surface area contributed by atoms with Crippen molar-refractivity contribution in [3.63, 3.8) is 0 Å². The van der Waals surface area contributed by atoms with Crippen molar-refractivity contribution in [1.29, 1.82) is 0 Å². The molecule has 20 heavy (non-hydrogen) atoms. The van der Waals surface area contributed by atoms with E-state index >= 15 is 0 Å². The predicted octanol–water partition coefficient (Wildman–Crippen LogP) is 4.35. The lowest BCUT2D eigenvalue weighted by Crippen LogP contribution is -2.10. The van der Waals surface area contributed by atoms with Crippen LogP contribution in [-0.4, -0.2) is 11.1 Å². The number of hydrogen-bond acceptors (Lipinski definition) is 2. The lowest BCUT2D eigenvalue weighted by Gasteiger charge is -2.17. The van der Waals surface area contributed by atoms with Gasteiger partial charge in [-0.15, -0.1) is 0 Å². The summed E-state index contributed by atoms with van der Waals surface area (Å²) in [6.07, 6.45) is 0. The third-order valence-electron chi connectivity index (χ3n) is 2.93. The topological polar surface area (TPSA) is 49.3 Å². The first-order valence-corrected chi connectivity index (χ1v) is 6.40. The number of benzene rings is 2. The highest BCUT2D eigenvalue weighted by Crippen LogP contribution is 2.25. The third-order valence-corrected chi connectivity index (χ3v) is 3.17. The molecule has 0 heterocycles. The first kappa shape index (κ1) is 14.3. The van der Waals surface area contributed by atoms with Gasteiger partial charge in [0.2, 0.25) is 0 Å². The van der Waals surface area contributed by atoms with Gasteiger partial charge in [0.05, 0.1) is 5.56 Å². The standard InChI is InChI=1S/C15H13ClFNO2/c1-9(10-3-2-4-12(17)7-10)18-14-6-5-11(16)8-13(14)15(19)20/h2-9,18H,1H3,(H,19,20). The van der Waals surface area contributed by atoms with Crippen LogP contribution in [0, 0.1) is 5.82 Å². The quantitative estimate of drug-likeness (QED) is 0.881. The second-order valence-corrected chi connectivity index (χ2v) is 4.85. The number of carbonyl (C=O) groups is 1. The molecule has 1 unspecified atom stereocenters. The van der Waals surface area contributed by atoms with Gasteiger partial charge < -0.3 is 10.4 Å². The summed E-state index contributed by atoms with van der Waals surface area (Å²) in [5, 5.41) is 12.6. The molecule has 5 heteroatoms. The Hall–Kier alpha value is -2.07. The maximum Gasteiger partial charge on any atom is 0.337 e. The Bertz CT molecular complexity index is 646. The highest BCUT2D eigenvalue weighted by Gasteiger charge is 2.13. The second kappa shape index (κ2) is 5.92. The van der Waals surface area contributed by atoms with Crippen molar-refractivity contribution in [2.75, 3.05) is 5.32 Å². The van der Waals surface area contributed by atoms with Gasteiger partial charge in [-0.25, -0.2) is 9.18 Å². The van der Waals surface area contributed by atoms with Crippen molar-refractivity contribution >= 4 is 23.3 Å². The van der Waals surface area contributed by atoms with Crippen molar-refractivity contribution < 1.29 is 14.3 Å².